The third kappa shape index (κ3) is 3.00. The second-order valence-electron chi connectivity index (χ2n) is 4.17. The molecule has 1 nitrogen and oxygen atoms in total. The van der Waals surface area contributed by atoms with E-state index in [-0.39, 0.29) is 0 Å². The highest BCUT2D eigenvalue weighted by Crippen LogP contribution is 2.28. The highest BCUT2D eigenvalue weighted by atomic mass is 35.5. The molecular formula is C12H17ClO. The summed E-state index contributed by atoms with van der Waals surface area (Å²) in [6.07, 6.45) is 0.311. The molecule has 1 N–H and O–H groups in total. The molecule has 1 aromatic rings. The van der Waals surface area contributed by atoms with Crippen molar-refractivity contribution in [3.8, 4) is 0 Å². The molecule has 0 aliphatic rings. The summed E-state index contributed by atoms with van der Waals surface area (Å²) in [5, 5.41) is 10.6. The molecule has 0 aromatic heterocycles. The number of hydrogen-bond donors (Lipinski definition) is 1. The lowest BCUT2D eigenvalue weighted by Gasteiger charge is -2.15. The van der Waals surface area contributed by atoms with Crippen molar-refractivity contribution >= 4 is 11.6 Å². The number of aryl methyl sites for hydroxylation is 1. The number of aliphatic hydroxyl groups excluding tert-OH is 1. The second-order valence-corrected chi connectivity index (χ2v) is 4.58. The fraction of sp³-hybridized carbons (Fsp3) is 0.500. The van der Waals surface area contributed by atoms with Gasteiger partial charge in [0.2, 0.25) is 0 Å². The zero-order valence-electron chi connectivity index (χ0n) is 8.92. The van der Waals surface area contributed by atoms with Crippen molar-refractivity contribution in [1.82, 2.24) is 0 Å². The lowest BCUT2D eigenvalue weighted by molar-refractivity contribution is 0.151. The van der Waals surface area contributed by atoms with E-state index in [0.29, 0.717) is 10.9 Å². The summed E-state index contributed by atoms with van der Waals surface area (Å²) in [6, 6.07) is 5.75. The van der Waals surface area contributed by atoms with Crippen LogP contribution in [-0.2, 0) is 0 Å². The van der Waals surface area contributed by atoms with E-state index in [4.69, 9.17) is 11.6 Å². The van der Waals surface area contributed by atoms with Crippen LogP contribution in [0.2, 0.25) is 5.02 Å². The van der Waals surface area contributed by atoms with Crippen LogP contribution in [0.3, 0.4) is 0 Å². The average Bonchev–Trinajstić information content (AvgIpc) is 2.08. The first-order valence-corrected chi connectivity index (χ1v) is 5.32. The van der Waals surface area contributed by atoms with Gasteiger partial charge in [0.25, 0.3) is 0 Å². The van der Waals surface area contributed by atoms with Crippen LogP contribution in [0.25, 0.3) is 0 Å². The largest absolute Gasteiger partial charge is 0.388 e. The zero-order valence-corrected chi connectivity index (χ0v) is 9.67. The van der Waals surface area contributed by atoms with Crippen LogP contribution >= 0.6 is 11.6 Å². The molecule has 78 valence electrons. The first-order chi connectivity index (χ1) is 6.50. The Labute approximate surface area is 90.7 Å². The molecule has 1 rings (SSSR count). The molecule has 14 heavy (non-hydrogen) atoms. The Morgan fingerprint density at radius 3 is 2.57 bits per heavy atom. The molecule has 1 unspecified atom stereocenters. The Bertz CT molecular complexity index is 307. The summed E-state index contributed by atoms with van der Waals surface area (Å²) < 4.78 is 0. The van der Waals surface area contributed by atoms with Gasteiger partial charge in [0.1, 0.15) is 0 Å². The highest BCUT2D eigenvalue weighted by molar-refractivity contribution is 6.31. The van der Waals surface area contributed by atoms with Gasteiger partial charge in [-0.1, -0.05) is 43.1 Å². The van der Waals surface area contributed by atoms with E-state index in [2.05, 4.69) is 13.8 Å². The normalized spacial score (nSPS) is 13.3. The molecule has 0 aliphatic heterocycles. The van der Waals surface area contributed by atoms with Crippen molar-refractivity contribution in [2.75, 3.05) is 0 Å². The van der Waals surface area contributed by atoms with Gasteiger partial charge in [-0.25, -0.2) is 0 Å². The van der Waals surface area contributed by atoms with Crippen LogP contribution < -0.4 is 0 Å². The Kier molecular flexibility index (Phi) is 3.97. The minimum Gasteiger partial charge on any atom is -0.388 e. The van der Waals surface area contributed by atoms with Crippen molar-refractivity contribution in [3.05, 3.63) is 34.3 Å². The SMILES string of the molecule is Cc1ccc(Cl)c(C(O)CC(C)C)c1. The van der Waals surface area contributed by atoms with E-state index < -0.39 is 6.10 Å². The van der Waals surface area contributed by atoms with Gasteiger partial charge < -0.3 is 5.11 Å². The zero-order chi connectivity index (χ0) is 10.7. The van der Waals surface area contributed by atoms with Crippen LogP contribution in [0.15, 0.2) is 18.2 Å². The summed E-state index contributed by atoms with van der Waals surface area (Å²) in [6.45, 7) is 6.18. The summed E-state index contributed by atoms with van der Waals surface area (Å²) >= 11 is 6.01. The molecule has 0 bridgehead atoms. The molecule has 0 heterocycles. The molecule has 1 atom stereocenters. The smallest absolute Gasteiger partial charge is 0.0807 e. The molecule has 0 saturated carbocycles. The summed E-state index contributed by atoms with van der Waals surface area (Å²) in [7, 11) is 0. The van der Waals surface area contributed by atoms with Gasteiger partial charge in [0.15, 0.2) is 0 Å². The summed E-state index contributed by atoms with van der Waals surface area (Å²) in [4.78, 5) is 0. The Hall–Kier alpha value is -0.530. The number of aliphatic hydroxyl groups is 1. The van der Waals surface area contributed by atoms with Crippen molar-refractivity contribution in [2.24, 2.45) is 5.92 Å². The first kappa shape index (κ1) is 11.5. The molecule has 0 radical (unpaired) electrons. The third-order valence-electron chi connectivity index (χ3n) is 2.21. The molecule has 2 heteroatoms. The number of hydrogen-bond acceptors (Lipinski definition) is 1. The number of rotatable bonds is 3. The van der Waals surface area contributed by atoms with Crippen molar-refractivity contribution < 1.29 is 5.11 Å². The Balaban J connectivity index is 2.88. The quantitative estimate of drug-likeness (QED) is 0.810. The Morgan fingerprint density at radius 2 is 2.00 bits per heavy atom. The standard InChI is InChI=1S/C12H17ClO/c1-8(2)6-12(14)10-7-9(3)4-5-11(10)13/h4-5,7-8,12,14H,6H2,1-3H3. The topological polar surface area (TPSA) is 20.2 Å². The van der Waals surface area contributed by atoms with Crippen LogP contribution in [0.4, 0.5) is 0 Å². The molecule has 1 aromatic carbocycles. The predicted octanol–water partition coefficient (Wildman–Crippen LogP) is 3.73. The maximum absolute atomic E-state index is 9.91. The van der Waals surface area contributed by atoms with Crippen LogP contribution in [0, 0.1) is 12.8 Å². The molecule has 0 amide bonds. The average molecular weight is 213 g/mol. The fourth-order valence-corrected chi connectivity index (χ4v) is 1.74. The van der Waals surface area contributed by atoms with E-state index in [9.17, 15) is 5.11 Å². The maximum Gasteiger partial charge on any atom is 0.0807 e. The summed E-state index contributed by atoms with van der Waals surface area (Å²) in [5.74, 6) is 0.474. The van der Waals surface area contributed by atoms with Crippen LogP contribution in [-0.4, -0.2) is 5.11 Å². The van der Waals surface area contributed by atoms with Gasteiger partial charge in [-0.2, -0.15) is 0 Å². The van der Waals surface area contributed by atoms with Gasteiger partial charge in [-0.3, -0.25) is 0 Å². The first-order valence-electron chi connectivity index (χ1n) is 4.95. The Morgan fingerprint density at radius 1 is 1.36 bits per heavy atom. The predicted molar refractivity (Wildman–Crippen MR) is 60.6 cm³/mol. The monoisotopic (exact) mass is 212 g/mol. The molecule has 0 saturated heterocycles. The molecule has 0 fully saturated rings. The highest BCUT2D eigenvalue weighted by Gasteiger charge is 2.12. The number of benzene rings is 1. The van der Waals surface area contributed by atoms with E-state index in [1.165, 1.54) is 0 Å². The third-order valence-corrected chi connectivity index (χ3v) is 2.55. The second kappa shape index (κ2) is 4.81. The molecule has 0 spiro atoms. The van der Waals surface area contributed by atoms with Gasteiger partial charge in [0, 0.05) is 5.02 Å². The van der Waals surface area contributed by atoms with E-state index in [1.54, 1.807) is 0 Å². The lowest BCUT2D eigenvalue weighted by atomic mass is 9.98. The van der Waals surface area contributed by atoms with Gasteiger partial charge in [-0.15, -0.1) is 0 Å². The number of halogens is 1. The van der Waals surface area contributed by atoms with Crippen molar-refractivity contribution in [1.29, 1.82) is 0 Å². The van der Waals surface area contributed by atoms with Crippen molar-refractivity contribution in [2.45, 2.75) is 33.3 Å². The fourth-order valence-electron chi connectivity index (χ4n) is 1.49. The van der Waals surface area contributed by atoms with Crippen LogP contribution in [0.5, 0.6) is 0 Å². The van der Waals surface area contributed by atoms with Gasteiger partial charge in [-0.05, 0) is 30.9 Å². The van der Waals surface area contributed by atoms with E-state index >= 15 is 0 Å². The molecule has 0 aliphatic carbocycles. The van der Waals surface area contributed by atoms with Crippen molar-refractivity contribution in [3.63, 3.8) is 0 Å². The maximum atomic E-state index is 9.91. The summed E-state index contributed by atoms with van der Waals surface area (Å²) in [5.41, 5.74) is 1.98. The lowest BCUT2D eigenvalue weighted by Crippen LogP contribution is -2.02. The minimum atomic E-state index is -0.442. The van der Waals surface area contributed by atoms with E-state index in [0.717, 1.165) is 17.5 Å². The van der Waals surface area contributed by atoms with E-state index in [1.807, 2.05) is 25.1 Å². The minimum absolute atomic E-state index is 0.442. The van der Waals surface area contributed by atoms with Crippen LogP contribution in [0.1, 0.15) is 37.5 Å². The molecular weight excluding hydrogens is 196 g/mol. The van der Waals surface area contributed by atoms with Gasteiger partial charge >= 0.3 is 0 Å². The van der Waals surface area contributed by atoms with Gasteiger partial charge in [0.05, 0.1) is 6.10 Å².